The lowest BCUT2D eigenvalue weighted by Gasteiger charge is -2.09. The van der Waals surface area contributed by atoms with E-state index in [0.29, 0.717) is 39.7 Å². The molecule has 2 heterocycles. The van der Waals surface area contributed by atoms with Crippen molar-refractivity contribution >= 4 is 28.5 Å². The van der Waals surface area contributed by atoms with E-state index in [0.717, 1.165) is 0 Å². The zero-order valence-corrected chi connectivity index (χ0v) is 17.8. The molecule has 33 heavy (non-hydrogen) atoms. The SMILES string of the molecule is CC(=O)Nc1ccc2c(COC(=O)c3ccc(OCc4noc(C)n4)cc3)cc(=O)oc2c1. The molecule has 0 saturated carbocycles. The fourth-order valence-electron chi connectivity index (χ4n) is 3.09. The minimum absolute atomic E-state index is 0.129. The van der Waals surface area contributed by atoms with Crippen molar-refractivity contribution in [3.05, 3.63) is 81.8 Å². The molecule has 4 rings (SSSR count). The van der Waals surface area contributed by atoms with Gasteiger partial charge in [0.2, 0.25) is 17.6 Å². The molecule has 10 heteroatoms. The maximum Gasteiger partial charge on any atom is 0.338 e. The van der Waals surface area contributed by atoms with Crippen molar-refractivity contribution < 1.29 is 28.0 Å². The first kappa shape index (κ1) is 21.8. The number of aryl methyl sites for hydroxylation is 1. The van der Waals surface area contributed by atoms with Crippen LogP contribution >= 0.6 is 0 Å². The molecule has 1 amide bonds. The van der Waals surface area contributed by atoms with Gasteiger partial charge >= 0.3 is 11.6 Å². The Morgan fingerprint density at radius 3 is 2.55 bits per heavy atom. The van der Waals surface area contributed by atoms with Crippen molar-refractivity contribution in [3.8, 4) is 5.75 Å². The Morgan fingerprint density at radius 1 is 1.06 bits per heavy atom. The molecule has 1 N–H and O–H groups in total. The first-order valence-electron chi connectivity index (χ1n) is 9.91. The zero-order valence-electron chi connectivity index (χ0n) is 17.8. The van der Waals surface area contributed by atoms with Crippen LogP contribution in [0, 0.1) is 6.92 Å². The van der Waals surface area contributed by atoms with Crippen LogP contribution < -0.4 is 15.7 Å². The molecule has 168 valence electrons. The largest absolute Gasteiger partial charge is 0.485 e. The van der Waals surface area contributed by atoms with Gasteiger partial charge in [0.1, 0.15) is 17.9 Å². The summed E-state index contributed by atoms with van der Waals surface area (Å²) in [5, 5.41) is 6.96. The van der Waals surface area contributed by atoms with Gasteiger partial charge in [0.05, 0.1) is 5.56 Å². The van der Waals surface area contributed by atoms with E-state index in [9.17, 15) is 14.4 Å². The number of aromatic nitrogens is 2. The Labute approximate surface area is 187 Å². The van der Waals surface area contributed by atoms with Crippen LogP contribution in [-0.4, -0.2) is 22.0 Å². The van der Waals surface area contributed by atoms with E-state index < -0.39 is 11.6 Å². The Hall–Kier alpha value is -4.47. The predicted octanol–water partition coefficient (Wildman–Crippen LogP) is 3.38. The third-order valence-electron chi connectivity index (χ3n) is 4.54. The third kappa shape index (κ3) is 5.42. The molecule has 0 aliphatic heterocycles. The number of anilines is 1. The smallest absolute Gasteiger partial charge is 0.338 e. The van der Waals surface area contributed by atoms with Gasteiger partial charge in [-0.25, -0.2) is 9.59 Å². The minimum Gasteiger partial charge on any atom is -0.485 e. The number of esters is 1. The molecular formula is C23H19N3O7. The summed E-state index contributed by atoms with van der Waals surface area (Å²) in [7, 11) is 0. The number of carbonyl (C=O) groups is 2. The average molecular weight is 449 g/mol. The summed E-state index contributed by atoms with van der Waals surface area (Å²) in [4.78, 5) is 39.7. The van der Waals surface area contributed by atoms with Crippen molar-refractivity contribution in [2.45, 2.75) is 27.1 Å². The molecule has 2 aromatic heterocycles. The first-order valence-corrected chi connectivity index (χ1v) is 9.91. The summed E-state index contributed by atoms with van der Waals surface area (Å²) < 4.78 is 21.0. The highest BCUT2D eigenvalue weighted by molar-refractivity contribution is 5.92. The number of carbonyl (C=O) groups excluding carboxylic acids is 2. The van der Waals surface area contributed by atoms with Crippen LogP contribution in [0.4, 0.5) is 5.69 Å². The number of nitrogens with zero attached hydrogens (tertiary/aromatic N) is 2. The maximum atomic E-state index is 12.5. The highest BCUT2D eigenvalue weighted by Crippen LogP contribution is 2.22. The number of hydrogen-bond donors (Lipinski definition) is 1. The molecular weight excluding hydrogens is 430 g/mol. The summed E-state index contributed by atoms with van der Waals surface area (Å²) >= 11 is 0. The molecule has 0 atom stereocenters. The fourth-order valence-corrected chi connectivity index (χ4v) is 3.09. The molecule has 2 aromatic carbocycles. The quantitative estimate of drug-likeness (QED) is 0.333. The lowest BCUT2D eigenvalue weighted by molar-refractivity contribution is -0.114. The molecule has 0 aliphatic rings. The van der Waals surface area contributed by atoms with Gasteiger partial charge in [0, 0.05) is 42.6 Å². The second kappa shape index (κ2) is 9.35. The number of rotatable bonds is 7. The van der Waals surface area contributed by atoms with Crippen LogP contribution in [0.2, 0.25) is 0 Å². The van der Waals surface area contributed by atoms with E-state index in [1.807, 2.05) is 0 Å². The number of ether oxygens (including phenoxy) is 2. The van der Waals surface area contributed by atoms with Crippen LogP contribution in [0.25, 0.3) is 11.0 Å². The Balaban J connectivity index is 1.41. The molecule has 0 spiro atoms. The number of fused-ring (bicyclic) bond motifs is 1. The minimum atomic E-state index is -0.591. The normalized spacial score (nSPS) is 10.7. The Morgan fingerprint density at radius 2 is 1.85 bits per heavy atom. The van der Waals surface area contributed by atoms with Gasteiger partial charge in [-0.1, -0.05) is 5.16 Å². The fraction of sp³-hybridized carbons (Fsp3) is 0.174. The molecule has 0 unspecified atom stereocenters. The van der Waals surface area contributed by atoms with Crippen molar-refractivity contribution in [3.63, 3.8) is 0 Å². The zero-order chi connectivity index (χ0) is 23.4. The first-order chi connectivity index (χ1) is 15.9. The molecule has 0 bridgehead atoms. The molecule has 10 nitrogen and oxygen atoms in total. The summed E-state index contributed by atoms with van der Waals surface area (Å²) in [6.45, 7) is 3.07. The number of hydrogen-bond acceptors (Lipinski definition) is 9. The Kier molecular flexibility index (Phi) is 6.16. The van der Waals surface area contributed by atoms with E-state index in [4.69, 9.17) is 18.4 Å². The standard InChI is InChI=1S/C23H19N3O7/c1-13(27)24-17-5-8-19-16(9-22(28)32-20(19)10-17)11-31-23(29)15-3-6-18(7-4-15)30-12-21-25-14(2)33-26-21/h3-10H,11-12H2,1-2H3,(H,24,27). The second-order valence-electron chi connectivity index (χ2n) is 7.10. The lowest BCUT2D eigenvalue weighted by Crippen LogP contribution is -2.09. The number of amides is 1. The van der Waals surface area contributed by atoms with E-state index in [-0.39, 0.29) is 24.7 Å². The lowest BCUT2D eigenvalue weighted by atomic mass is 10.1. The third-order valence-corrected chi connectivity index (χ3v) is 4.54. The molecule has 0 saturated heterocycles. The average Bonchev–Trinajstić information content (AvgIpc) is 3.20. The maximum absolute atomic E-state index is 12.5. The highest BCUT2D eigenvalue weighted by atomic mass is 16.5. The summed E-state index contributed by atoms with van der Waals surface area (Å²) in [5.41, 5.74) is 0.978. The van der Waals surface area contributed by atoms with Crippen LogP contribution in [0.5, 0.6) is 5.75 Å². The van der Waals surface area contributed by atoms with E-state index in [1.165, 1.54) is 19.1 Å². The van der Waals surface area contributed by atoms with Gasteiger partial charge in [-0.05, 0) is 36.4 Å². The van der Waals surface area contributed by atoms with Crippen LogP contribution in [-0.2, 0) is 22.7 Å². The van der Waals surface area contributed by atoms with Crippen molar-refractivity contribution in [2.75, 3.05) is 5.32 Å². The van der Waals surface area contributed by atoms with Crippen LogP contribution in [0.3, 0.4) is 0 Å². The van der Waals surface area contributed by atoms with Gasteiger partial charge in [-0.2, -0.15) is 4.98 Å². The highest BCUT2D eigenvalue weighted by Gasteiger charge is 2.12. The molecule has 0 aliphatic carbocycles. The summed E-state index contributed by atoms with van der Waals surface area (Å²) in [6.07, 6.45) is 0. The van der Waals surface area contributed by atoms with Gasteiger partial charge in [0.15, 0.2) is 6.61 Å². The molecule has 0 radical (unpaired) electrons. The van der Waals surface area contributed by atoms with Gasteiger partial charge in [-0.15, -0.1) is 0 Å². The van der Waals surface area contributed by atoms with Gasteiger partial charge < -0.3 is 23.7 Å². The van der Waals surface area contributed by atoms with E-state index >= 15 is 0 Å². The number of nitrogens with one attached hydrogen (secondary N) is 1. The van der Waals surface area contributed by atoms with E-state index in [2.05, 4.69) is 15.5 Å². The van der Waals surface area contributed by atoms with Gasteiger partial charge in [0.25, 0.3) is 0 Å². The monoisotopic (exact) mass is 449 g/mol. The summed E-state index contributed by atoms with van der Waals surface area (Å²) in [5.74, 6) is 0.578. The molecule has 0 fully saturated rings. The summed E-state index contributed by atoms with van der Waals surface area (Å²) in [6, 6.07) is 12.5. The van der Waals surface area contributed by atoms with Crippen LogP contribution in [0.15, 0.2) is 62.3 Å². The Bertz CT molecular complexity index is 1370. The number of benzene rings is 2. The van der Waals surface area contributed by atoms with Crippen molar-refractivity contribution in [2.24, 2.45) is 0 Å². The van der Waals surface area contributed by atoms with Gasteiger partial charge in [-0.3, -0.25) is 4.79 Å². The van der Waals surface area contributed by atoms with Crippen molar-refractivity contribution in [1.82, 2.24) is 10.1 Å². The molecule has 4 aromatic rings. The van der Waals surface area contributed by atoms with E-state index in [1.54, 1.807) is 43.3 Å². The van der Waals surface area contributed by atoms with Crippen molar-refractivity contribution in [1.29, 1.82) is 0 Å². The predicted molar refractivity (Wildman–Crippen MR) is 116 cm³/mol. The topological polar surface area (TPSA) is 134 Å². The van der Waals surface area contributed by atoms with Crippen LogP contribution in [0.1, 0.15) is 34.6 Å². The second-order valence-corrected chi connectivity index (χ2v) is 7.10.